The van der Waals surface area contributed by atoms with E-state index in [1.165, 1.54) is 71.1 Å². The first-order valence-corrected chi connectivity index (χ1v) is 7.36. The molecule has 3 fully saturated rings. The minimum absolute atomic E-state index is 0.896. The predicted octanol–water partition coefficient (Wildman–Crippen LogP) is 2.25. The number of rotatable bonds is 6. The van der Waals surface area contributed by atoms with Crippen LogP contribution in [-0.4, -0.2) is 37.1 Å². The molecule has 0 unspecified atom stereocenters. The lowest BCUT2D eigenvalue weighted by Gasteiger charge is -2.32. The van der Waals surface area contributed by atoms with Crippen molar-refractivity contribution in [3.63, 3.8) is 0 Å². The highest BCUT2D eigenvalue weighted by Gasteiger charge is 2.25. The van der Waals surface area contributed by atoms with Gasteiger partial charge in [0.2, 0.25) is 0 Å². The van der Waals surface area contributed by atoms with Gasteiger partial charge >= 0.3 is 0 Å². The summed E-state index contributed by atoms with van der Waals surface area (Å²) >= 11 is 0. The third kappa shape index (κ3) is 3.46. The van der Waals surface area contributed by atoms with Gasteiger partial charge in [0.05, 0.1) is 0 Å². The molecule has 0 atom stereocenters. The third-order valence-electron chi connectivity index (χ3n) is 4.53. The smallest absolute Gasteiger partial charge is 0.00683 e. The lowest BCUT2D eigenvalue weighted by Crippen LogP contribution is -2.38. The Morgan fingerprint density at radius 1 is 0.875 bits per heavy atom. The second kappa shape index (κ2) is 5.05. The van der Waals surface area contributed by atoms with Crippen molar-refractivity contribution in [2.75, 3.05) is 26.2 Å². The Kier molecular flexibility index (Phi) is 3.49. The van der Waals surface area contributed by atoms with Crippen LogP contribution in [0.4, 0.5) is 0 Å². The first kappa shape index (κ1) is 11.0. The Labute approximate surface area is 99.8 Å². The van der Waals surface area contributed by atoms with Crippen molar-refractivity contribution in [1.29, 1.82) is 0 Å². The number of hydrogen-bond donors (Lipinski definition) is 1. The highest BCUT2D eigenvalue weighted by atomic mass is 15.1. The van der Waals surface area contributed by atoms with E-state index in [1.54, 1.807) is 0 Å². The maximum absolute atomic E-state index is 3.68. The lowest BCUT2D eigenvalue weighted by molar-refractivity contribution is 0.178. The van der Waals surface area contributed by atoms with Crippen LogP contribution in [0, 0.1) is 11.8 Å². The molecule has 1 N–H and O–H groups in total. The highest BCUT2D eigenvalue weighted by molar-refractivity contribution is 4.83. The first-order chi connectivity index (χ1) is 7.90. The molecule has 16 heavy (non-hydrogen) atoms. The van der Waals surface area contributed by atoms with Crippen LogP contribution in [0.25, 0.3) is 0 Å². The van der Waals surface area contributed by atoms with Crippen molar-refractivity contribution in [3.8, 4) is 0 Å². The van der Waals surface area contributed by atoms with Crippen LogP contribution in [0.1, 0.15) is 44.9 Å². The van der Waals surface area contributed by atoms with E-state index in [2.05, 4.69) is 10.2 Å². The zero-order valence-corrected chi connectivity index (χ0v) is 10.5. The van der Waals surface area contributed by atoms with E-state index in [4.69, 9.17) is 0 Å². The van der Waals surface area contributed by atoms with Gasteiger partial charge in [0, 0.05) is 6.04 Å². The fraction of sp³-hybridized carbons (Fsp3) is 1.00. The van der Waals surface area contributed by atoms with Crippen LogP contribution in [0.5, 0.6) is 0 Å². The lowest BCUT2D eigenvalue weighted by atomic mass is 9.96. The van der Waals surface area contributed by atoms with E-state index in [9.17, 15) is 0 Å². The Morgan fingerprint density at radius 3 is 2.25 bits per heavy atom. The van der Waals surface area contributed by atoms with E-state index in [1.807, 2.05) is 0 Å². The van der Waals surface area contributed by atoms with E-state index in [0.717, 1.165) is 17.9 Å². The molecular weight excluding hydrogens is 196 g/mol. The zero-order chi connectivity index (χ0) is 10.8. The van der Waals surface area contributed by atoms with Crippen molar-refractivity contribution in [1.82, 2.24) is 10.2 Å². The maximum Gasteiger partial charge on any atom is 0.00683 e. The van der Waals surface area contributed by atoms with Gasteiger partial charge in [-0.25, -0.2) is 0 Å². The molecule has 2 saturated carbocycles. The van der Waals surface area contributed by atoms with Gasteiger partial charge in [-0.2, -0.15) is 0 Å². The van der Waals surface area contributed by atoms with E-state index >= 15 is 0 Å². The zero-order valence-electron chi connectivity index (χ0n) is 10.5. The van der Waals surface area contributed by atoms with Crippen molar-refractivity contribution in [2.45, 2.75) is 51.0 Å². The van der Waals surface area contributed by atoms with Gasteiger partial charge < -0.3 is 10.2 Å². The van der Waals surface area contributed by atoms with Crippen molar-refractivity contribution in [2.24, 2.45) is 11.8 Å². The molecule has 1 aliphatic heterocycles. The summed E-state index contributed by atoms with van der Waals surface area (Å²) in [6, 6.07) is 0.896. The molecule has 2 heteroatoms. The van der Waals surface area contributed by atoms with Gasteiger partial charge in [-0.05, 0) is 70.1 Å². The van der Waals surface area contributed by atoms with Crippen molar-refractivity contribution >= 4 is 0 Å². The van der Waals surface area contributed by atoms with Gasteiger partial charge in [0.25, 0.3) is 0 Å². The minimum Gasteiger partial charge on any atom is -0.314 e. The molecule has 0 aromatic carbocycles. The number of nitrogens with zero attached hydrogens (tertiary/aromatic N) is 1. The fourth-order valence-corrected chi connectivity index (χ4v) is 2.81. The number of likely N-dealkylation sites (tertiary alicyclic amines) is 1. The average Bonchev–Trinajstić information content (AvgIpc) is 3.17. The molecule has 0 aromatic heterocycles. The van der Waals surface area contributed by atoms with Gasteiger partial charge in [-0.3, -0.25) is 0 Å². The predicted molar refractivity (Wildman–Crippen MR) is 67.5 cm³/mol. The van der Waals surface area contributed by atoms with Crippen LogP contribution in [-0.2, 0) is 0 Å². The summed E-state index contributed by atoms with van der Waals surface area (Å²) in [7, 11) is 0. The van der Waals surface area contributed by atoms with E-state index in [0.29, 0.717) is 0 Å². The van der Waals surface area contributed by atoms with Crippen molar-refractivity contribution < 1.29 is 0 Å². The quantitative estimate of drug-likeness (QED) is 0.741. The normalized spacial score (nSPS) is 28.5. The summed E-state index contributed by atoms with van der Waals surface area (Å²) in [6.45, 7) is 5.40. The van der Waals surface area contributed by atoms with Gasteiger partial charge in [0.1, 0.15) is 0 Å². The summed E-state index contributed by atoms with van der Waals surface area (Å²) in [5, 5.41) is 3.68. The second-order valence-electron chi connectivity index (χ2n) is 6.20. The molecule has 2 nitrogen and oxygen atoms in total. The molecule has 0 aromatic rings. The summed E-state index contributed by atoms with van der Waals surface area (Å²) in [5.74, 6) is 2.08. The standard InChI is InChI=1S/C14H26N2/c1-2-12(1)5-8-16-9-6-13(7-10-16)11-15-14-3-4-14/h12-15H,1-11H2. The highest BCUT2D eigenvalue weighted by Crippen LogP contribution is 2.32. The van der Waals surface area contributed by atoms with Crippen LogP contribution in [0.15, 0.2) is 0 Å². The molecule has 0 amide bonds. The number of piperidine rings is 1. The molecule has 3 aliphatic rings. The molecule has 1 saturated heterocycles. The third-order valence-corrected chi connectivity index (χ3v) is 4.53. The Morgan fingerprint density at radius 2 is 1.62 bits per heavy atom. The molecule has 2 aliphatic carbocycles. The maximum atomic E-state index is 3.68. The number of nitrogens with one attached hydrogen (secondary N) is 1. The summed E-state index contributed by atoms with van der Waals surface area (Å²) in [5.41, 5.74) is 0. The summed E-state index contributed by atoms with van der Waals surface area (Å²) in [4.78, 5) is 2.70. The van der Waals surface area contributed by atoms with E-state index < -0.39 is 0 Å². The first-order valence-electron chi connectivity index (χ1n) is 7.36. The molecule has 3 rings (SSSR count). The Hall–Kier alpha value is -0.0800. The summed E-state index contributed by atoms with van der Waals surface area (Å²) < 4.78 is 0. The minimum atomic E-state index is 0.896. The fourth-order valence-electron chi connectivity index (χ4n) is 2.81. The second-order valence-corrected chi connectivity index (χ2v) is 6.20. The van der Waals surface area contributed by atoms with Gasteiger partial charge in [0.15, 0.2) is 0 Å². The van der Waals surface area contributed by atoms with Crippen molar-refractivity contribution in [3.05, 3.63) is 0 Å². The van der Waals surface area contributed by atoms with Crippen LogP contribution < -0.4 is 5.32 Å². The Balaban J connectivity index is 1.28. The van der Waals surface area contributed by atoms with Crippen LogP contribution in [0.2, 0.25) is 0 Å². The average molecular weight is 222 g/mol. The number of hydrogen-bond acceptors (Lipinski definition) is 2. The monoisotopic (exact) mass is 222 g/mol. The molecule has 0 spiro atoms. The van der Waals surface area contributed by atoms with Crippen LogP contribution in [0.3, 0.4) is 0 Å². The van der Waals surface area contributed by atoms with Gasteiger partial charge in [-0.1, -0.05) is 12.8 Å². The largest absolute Gasteiger partial charge is 0.314 e. The molecular formula is C14H26N2. The molecule has 1 heterocycles. The topological polar surface area (TPSA) is 15.3 Å². The SMILES string of the molecule is C1CC1CCN1CCC(CNC2CC2)CC1. The Bertz CT molecular complexity index is 189. The van der Waals surface area contributed by atoms with E-state index in [-0.39, 0.29) is 0 Å². The summed E-state index contributed by atoms with van der Waals surface area (Å²) in [6.07, 6.45) is 10.2. The van der Waals surface area contributed by atoms with Gasteiger partial charge in [-0.15, -0.1) is 0 Å². The molecule has 92 valence electrons. The molecule has 0 bridgehead atoms. The van der Waals surface area contributed by atoms with Crippen LogP contribution >= 0.6 is 0 Å². The molecule has 0 radical (unpaired) electrons.